The third kappa shape index (κ3) is 2.83. The number of carbonyl (C=O) groups is 1. The van der Waals surface area contributed by atoms with E-state index in [9.17, 15) is 4.79 Å². The van der Waals surface area contributed by atoms with Crippen molar-refractivity contribution < 1.29 is 9.53 Å². The van der Waals surface area contributed by atoms with Crippen LogP contribution in [-0.2, 0) is 4.79 Å². The number of carbonyl (C=O) groups excluding carboxylic acids is 1. The highest BCUT2D eigenvalue weighted by Crippen LogP contribution is 2.31. The van der Waals surface area contributed by atoms with Gasteiger partial charge in [0.25, 0.3) is 3.79 Å². The van der Waals surface area contributed by atoms with Gasteiger partial charge >= 0.3 is 5.97 Å². The first kappa shape index (κ1) is 12.5. The smallest absolute Gasteiger partial charge is 0.363 e. The molecule has 0 N–H and O–H groups in total. The molecule has 5 heteroatoms. The zero-order chi connectivity index (χ0) is 12.5. The van der Waals surface area contributed by atoms with E-state index in [1.807, 2.05) is 30.3 Å². The van der Waals surface area contributed by atoms with Gasteiger partial charge in [-0.2, -0.15) is 0 Å². The minimum absolute atomic E-state index is 0.374. The molecule has 0 bridgehead atoms. The Balaban J connectivity index is 2.40. The summed E-state index contributed by atoms with van der Waals surface area (Å²) in [7, 11) is 0. The van der Waals surface area contributed by atoms with Crippen LogP contribution in [0.15, 0.2) is 42.5 Å². The summed E-state index contributed by atoms with van der Waals surface area (Å²) in [5, 5.41) is 1.74. The zero-order valence-corrected chi connectivity index (χ0v) is 10.8. The summed E-state index contributed by atoms with van der Waals surface area (Å²) in [5.41, 5.74) is 0. The second-order valence-corrected chi connectivity index (χ2v) is 5.65. The van der Waals surface area contributed by atoms with Gasteiger partial charge in [0.15, 0.2) is 0 Å². The molecule has 0 amide bonds. The van der Waals surface area contributed by atoms with Crippen molar-refractivity contribution in [3.8, 4) is 5.75 Å². The van der Waals surface area contributed by atoms with Gasteiger partial charge in [0.05, 0.1) is 0 Å². The molecule has 0 radical (unpaired) electrons. The normalized spacial score (nSPS) is 11.5. The topological polar surface area (TPSA) is 26.3 Å². The number of esters is 1. The van der Waals surface area contributed by atoms with Gasteiger partial charge in [-0.3, -0.25) is 0 Å². The Kier molecular flexibility index (Phi) is 3.48. The van der Waals surface area contributed by atoms with Crippen LogP contribution in [-0.4, -0.2) is 9.76 Å². The maximum absolute atomic E-state index is 11.5. The SMILES string of the molecule is O=C(Oc1cccc2ccccc12)C(Cl)(Cl)Cl. The van der Waals surface area contributed by atoms with Gasteiger partial charge in [0.2, 0.25) is 0 Å². The summed E-state index contributed by atoms with van der Waals surface area (Å²) in [6.45, 7) is 0. The van der Waals surface area contributed by atoms with Crippen LogP contribution in [0, 0.1) is 0 Å². The van der Waals surface area contributed by atoms with Crippen molar-refractivity contribution >= 4 is 51.5 Å². The van der Waals surface area contributed by atoms with E-state index in [1.165, 1.54) is 0 Å². The highest BCUT2D eigenvalue weighted by molar-refractivity contribution is 6.75. The van der Waals surface area contributed by atoms with Crippen LogP contribution in [0.1, 0.15) is 0 Å². The molecule has 0 aliphatic rings. The van der Waals surface area contributed by atoms with Crippen LogP contribution >= 0.6 is 34.8 Å². The molecule has 17 heavy (non-hydrogen) atoms. The van der Waals surface area contributed by atoms with Gasteiger partial charge in [-0.05, 0) is 11.5 Å². The number of hydrogen-bond acceptors (Lipinski definition) is 2. The summed E-state index contributed by atoms with van der Waals surface area (Å²) in [6.07, 6.45) is 0. The Morgan fingerprint density at radius 2 is 1.65 bits per heavy atom. The fourth-order valence-corrected chi connectivity index (χ4v) is 1.56. The lowest BCUT2D eigenvalue weighted by molar-refractivity contribution is -0.133. The van der Waals surface area contributed by atoms with Crippen LogP contribution in [0.3, 0.4) is 0 Å². The van der Waals surface area contributed by atoms with Crippen molar-refractivity contribution in [2.24, 2.45) is 0 Å². The first-order valence-electron chi connectivity index (χ1n) is 4.75. The minimum atomic E-state index is -2.07. The van der Waals surface area contributed by atoms with Gasteiger partial charge in [0.1, 0.15) is 5.75 Å². The Hall–Kier alpha value is -0.960. The number of fused-ring (bicyclic) bond motifs is 1. The molecule has 2 rings (SSSR count). The molecule has 2 nitrogen and oxygen atoms in total. The van der Waals surface area contributed by atoms with Gasteiger partial charge in [-0.25, -0.2) is 4.79 Å². The predicted octanol–water partition coefficient (Wildman–Crippen LogP) is 4.12. The fraction of sp³-hybridized carbons (Fsp3) is 0.0833. The summed E-state index contributed by atoms with van der Waals surface area (Å²) in [6, 6.07) is 12.8. The number of rotatable bonds is 1. The van der Waals surface area contributed by atoms with Crippen molar-refractivity contribution in [3.05, 3.63) is 42.5 Å². The average Bonchev–Trinajstić information content (AvgIpc) is 2.28. The molecule has 88 valence electrons. The molecular formula is C12H7Cl3O2. The Labute approximate surface area is 113 Å². The van der Waals surface area contributed by atoms with Crippen LogP contribution in [0.5, 0.6) is 5.75 Å². The quantitative estimate of drug-likeness (QED) is 0.448. The third-order valence-electron chi connectivity index (χ3n) is 2.18. The number of benzene rings is 2. The highest BCUT2D eigenvalue weighted by Gasteiger charge is 2.33. The van der Waals surface area contributed by atoms with E-state index in [0.717, 1.165) is 10.8 Å². The summed E-state index contributed by atoms with van der Waals surface area (Å²) < 4.78 is 2.98. The Morgan fingerprint density at radius 3 is 2.35 bits per heavy atom. The molecule has 0 aliphatic heterocycles. The maximum atomic E-state index is 11.5. The standard InChI is InChI=1S/C12H7Cl3O2/c13-12(14,15)11(16)17-10-7-3-5-8-4-1-2-6-9(8)10/h1-7H. The molecule has 0 saturated heterocycles. The molecule has 0 saturated carbocycles. The fourth-order valence-electron chi connectivity index (χ4n) is 1.44. The molecule has 2 aromatic rings. The Bertz CT molecular complexity index is 556. The monoisotopic (exact) mass is 288 g/mol. The van der Waals surface area contributed by atoms with Gasteiger partial charge in [0, 0.05) is 5.39 Å². The minimum Gasteiger partial charge on any atom is -0.423 e. The maximum Gasteiger partial charge on any atom is 0.363 e. The van der Waals surface area contributed by atoms with Gasteiger partial charge in [-0.1, -0.05) is 71.2 Å². The first-order chi connectivity index (χ1) is 7.98. The molecule has 2 aromatic carbocycles. The van der Waals surface area contributed by atoms with E-state index in [2.05, 4.69) is 0 Å². The molecule has 0 atom stereocenters. The molecule has 0 aromatic heterocycles. The summed E-state index contributed by atoms with van der Waals surface area (Å²) >= 11 is 16.3. The lowest BCUT2D eigenvalue weighted by Crippen LogP contribution is -2.24. The predicted molar refractivity (Wildman–Crippen MR) is 69.9 cm³/mol. The second kappa shape index (κ2) is 4.73. The summed E-state index contributed by atoms with van der Waals surface area (Å²) in [4.78, 5) is 11.5. The largest absolute Gasteiger partial charge is 0.423 e. The number of halogens is 3. The summed E-state index contributed by atoms with van der Waals surface area (Å²) in [5.74, 6) is -0.543. The van der Waals surface area contributed by atoms with Crippen molar-refractivity contribution in [2.75, 3.05) is 0 Å². The number of hydrogen-bond donors (Lipinski definition) is 0. The van der Waals surface area contributed by atoms with E-state index < -0.39 is 9.76 Å². The van der Waals surface area contributed by atoms with Crippen LogP contribution in [0.25, 0.3) is 10.8 Å². The second-order valence-electron chi connectivity index (χ2n) is 3.36. The van der Waals surface area contributed by atoms with Crippen molar-refractivity contribution in [1.29, 1.82) is 0 Å². The number of alkyl halides is 3. The van der Waals surface area contributed by atoms with Crippen LogP contribution < -0.4 is 4.74 Å². The molecule has 0 heterocycles. The van der Waals surface area contributed by atoms with E-state index in [1.54, 1.807) is 12.1 Å². The van der Waals surface area contributed by atoms with Crippen molar-refractivity contribution in [2.45, 2.75) is 3.79 Å². The first-order valence-corrected chi connectivity index (χ1v) is 5.88. The van der Waals surface area contributed by atoms with Crippen LogP contribution in [0.4, 0.5) is 0 Å². The molecular weight excluding hydrogens is 282 g/mol. The third-order valence-corrected chi connectivity index (χ3v) is 2.65. The van der Waals surface area contributed by atoms with Gasteiger partial charge < -0.3 is 4.74 Å². The molecule has 0 aliphatic carbocycles. The average molecular weight is 290 g/mol. The van der Waals surface area contributed by atoms with Crippen molar-refractivity contribution in [1.82, 2.24) is 0 Å². The van der Waals surface area contributed by atoms with Gasteiger partial charge in [-0.15, -0.1) is 0 Å². The lowest BCUT2D eigenvalue weighted by atomic mass is 10.1. The van der Waals surface area contributed by atoms with E-state index in [4.69, 9.17) is 39.5 Å². The number of ether oxygens (including phenoxy) is 1. The van der Waals surface area contributed by atoms with E-state index in [-0.39, 0.29) is 0 Å². The molecule has 0 fully saturated rings. The lowest BCUT2D eigenvalue weighted by Gasteiger charge is -2.11. The molecule has 0 unspecified atom stereocenters. The van der Waals surface area contributed by atoms with Crippen molar-refractivity contribution in [3.63, 3.8) is 0 Å². The highest BCUT2D eigenvalue weighted by atomic mass is 35.6. The molecule has 0 spiro atoms. The Morgan fingerprint density at radius 1 is 1.00 bits per heavy atom. The van der Waals surface area contributed by atoms with E-state index in [0.29, 0.717) is 5.75 Å². The van der Waals surface area contributed by atoms with E-state index >= 15 is 0 Å². The van der Waals surface area contributed by atoms with Crippen LogP contribution in [0.2, 0.25) is 0 Å². The zero-order valence-electron chi connectivity index (χ0n) is 8.49.